The molecule has 0 bridgehead atoms. The molecule has 2 aromatic carbocycles. The third-order valence-electron chi connectivity index (χ3n) is 7.89. The molecule has 0 saturated heterocycles. The molecule has 12 nitrogen and oxygen atoms in total. The Balaban J connectivity index is 1.30. The standard InChI is InChI=1S/C33H30FN7O5/c1-6-24-27-22(32(44)41(24)20-12-10-19(11-13-20)26-18(3)46-40(5)33(26)45)16-17(2)35-29(27)31(43)36-23-9-7-8-21(28(23)34)30(42)37-25-14-15-39(4)38-25/h7-16,24H,6H2,1-5H3,(H,36,43)(H,37,38,42)/t24-/m1/s1. The van der Waals surface area contributed by atoms with Crippen molar-refractivity contribution in [2.75, 3.05) is 15.5 Å². The second kappa shape index (κ2) is 11.6. The fraction of sp³-hybridized carbons (Fsp3) is 0.212. The van der Waals surface area contributed by atoms with Crippen molar-refractivity contribution in [3.05, 3.63) is 111 Å². The molecular formula is C33H30FN7O5. The summed E-state index contributed by atoms with van der Waals surface area (Å²) >= 11 is 0. The Hall–Kier alpha value is -5.85. The number of amides is 3. The number of fused-ring (bicyclic) bond motifs is 1. The van der Waals surface area contributed by atoms with Crippen molar-refractivity contribution >= 4 is 34.9 Å². The van der Waals surface area contributed by atoms with Crippen molar-refractivity contribution in [2.45, 2.75) is 33.2 Å². The van der Waals surface area contributed by atoms with Crippen molar-refractivity contribution in [3.8, 4) is 11.1 Å². The van der Waals surface area contributed by atoms with Crippen LogP contribution in [0.25, 0.3) is 11.1 Å². The number of nitrogens with one attached hydrogen (secondary N) is 2. The first kappa shape index (κ1) is 30.2. The largest absolute Gasteiger partial charge is 0.381 e. The summed E-state index contributed by atoms with van der Waals surface area (Å²) in [4.78, 5) is 58.9. The minimum atomic E-state index is -0.930. The number of halogens is 1. The molecule has 13 heteroatoms. The smallest absolute Gasteiger partial charge is 0.290 e. The molecule has 0 unspecified atom stereocenters. The van der Waals surface area contributed by atoms with E-state index in [0.717, 1.165) is 4.74 Å². The molecule has 5 aromatic rings. The second-order valence-corrected chi connectivity index (χ2v) is 11.0. The SMILES string of the molecule is CC[C@@H]1c2c(cc(C)nc2C(=O)Nc2cccc(C(=O)Nc3ccn(C)n3)c2F)C(=O)N1c1ccc(-c2c(C)on(C)c2=O)cc1. The maximum absolute atomic E-state index is 15.5. The molecule has 1 aliphatic rings. The first-order valence-corrected chi connectivity index (χ1v) is 14.5. The zero-order valence-electron chi connectivity index (χ0n) is 25.7. The molecule has 234 valence electrons. The van der Waals surface area contributed by atoms with Crippen LogP contribution in [0.1, 0.15) is 67.6 Å². The third-order valence-corrected chi connectivity index (χ3v) is 7.89. The molecule has 1 atom stereocenters. The molecule has 0 saturated carbocycles. The van der Waals surface area contributed by atoms with Gasteiger partial charge >= 0.3 is 0 Å². The van der Waals surface area contributed by atoms with Crippen LogP contribution in [0.4, 0.5) is 21.6 Å². The Bertz CT molecular complexity index is 2090. The van der Waals surface area contributed by atoms with Crippen LogP contribution in [0.3, 0.4) is 0 Å². The van der Waals surface area contributed by atoms with E-state index in [4.69, 9.17) is 4.52 Å². The molecular weight excluding hydrogens is 593 g/mol. The summed E-state index contributed by atoms with van der Waals surface area (Å²) in [6.45, 7) is 5.26. The first-order chi connectivity index (χ1) is 22.0. The summed E-state index contributed by atoms with van der Waals surface area (Å²) in [6.07, 6.45) is 2.08. The first-order valence-electron chi connectivity index (χ1n) is 14.5. The van der Waals surface area contributed by atoms with Gasteiger partial charge in [-0.2, -0.15) is 9.84 Å². The van der Waals surface area contributed by atoms with Gasteiger partial charge in [0.2, 0.25) is 0 Å². The molecule has 4 heterocycles. The summed E-state index contributed by atoms with van der Waals surface area (Å²) in [7, 11) is 3.22. The topological polar surface area (TPSA) is 144 Å². The van der Waals surface area contributed by atoms with Crippen molar-refractivity contribution < 1.29 is 23.3 Å². The van der Waals surface area contributed by atoms with Gasteiger partial charge in [-0.05, 0) is 56.2 Å². The van der Waals surface area contributed by atoms with Gasteiger partial charge in [0.05, 0.1) is 22.9 Å². The monoisotopic (exact) mass is 623 g/mol. The number of aryl methyl sites for hydroxylation is 4. The lowest BCUT2D eigenvalue weighted by Gasteiger charge is -2.25. The number of pyridine rings is 1. The number of anilines is 3. The lowest BCUT2D eigenvalue weighted by Crippen LogP contribution is -2.28. The average Bonchev–Trinajstić information content (AvgIpc) is 3.65. The van der Waals surface area contributed by atoms with E-state index < -0.39 is 23.7 Å². The lowest BCUT2D eigenvalue weighted by atomic mass is 9.99. The average molecular weight is 624 g/mol. The van der Waals surface area contributed by atoms with E-state index in [2.05, 4.69) is 20.7 Å². The van der Waals surface area contributed by atoms with Gasteiger partial charge < -0.3 is 20.1 Å². The van der Waals surface area contributed by atoms with Crippen LogP contribution in [0, 0.1) is 19.7 Å². The van der Waals surface area contributed by atoms with Crippen LogP contribution in [0.5, 0.6) is 0 Å². The lowest BCUT2D eigenvalue weighted by molar-refractivity contribution is 0.0987. The number of benzene rings is 2. The predicted octanol–water partition coefficient (Wildman–Crippen LogP) is 5.15. The fourth-order valence-electron chi connectivity index (χ4n) is 5.82. The molecule has 1 aliphatic heterocycles. The highest BCUT2D eigenvalue weighted by Crippen LogP contribution is 2.42. The van der Waals surface area contributed by atoms with Crippen molar-refractivity contribution in [3.63, 3.8) is 0 Å². The Labute approximate surface area is 262 Å². The number of carbonyl (C=O) groups is 3. The second-order valence-electron chi connectivity index (χ2n) is 11.0. The van der Waals surface area contributed by atoms with Crippen LogP contribution in [-0.4, -0.2) is 37.2 Å². The minimum Gasteiger partial charge on any atom is -0.381 e. The molecule has 0 radical (unpaired) electrons. The number of nitrogens with zero attached hydrogens (tertiary/aromatic N) is 5. The van der Waals surface area contributed by atoms with E-state index in [0.29, 0.717) is 45.8 Å². The minimum absolute atomic E-state index is 0.0189. The van der Waals surface area contributed by atoms with E-state index in [9.17, 15) is 19.2 Å². The van der Waals surface area contributed by atoms with Crippen molar-refractivity contribution in [2.24, 2.45) is 14.1 Å². The number of hydrogen-bond acceptors (Lipinski definition) is 7. The van der Waals surface area contributed by atoms with E-state index in [-0.39, 0.29) is 34.2 Å². The van der Waals surface area contributed by atoms with Gasteiger partial charge in [0.1, 0.15) is 11.5 Å². The van der Waals surface area contributed by atoms with E-state index >= 15 is 4.39 Å². The maximum Gasteiger partial charge on any atom is 0.290 e. The van der Waals surface area contributed by atoms with E-state index in [1.807, 2.05) is 6.92 Å². The zero-order chi connectivity index (χ0) is 32.9. The Kier molecular flexibility index (Phi) is 7.60. The summed E-state index contributed by atoms with van der Waals surface area (Å²) in [6, 6.07) is 13.7. The number of hydrogen-bond donors (Lipinski definition) is 2. The highest BCUT2D eigenvalue weighted by Gasteiger charge is 2.41. The van der Waals surface area contributed by atoms with Gasteiger partial charge in [0.15, 0.2) is 11.6 Å². The Morgan fingerprint density at radius 2 is 1.74 bits per heavy atom. The summed E-state index contributed by atoms with van der Waals surface area (Å²) in [5.74, 6) is -1.98. The molecule has 6 rings (SSSR count). The molecule has 3 aromatic heterocycles. The third kappa shape index (κ3) is 5.15. The van der Waals surface area contributed by atoms with Gasteiger partial charge in [-0.15, -0.1) is 0 Å². The molecule has 3 amide bonds. The highest BCUT2D eigenvalue weighted by atomic mass is 19.1. The van der Waals surface area contributed by atoms with E-state index in [1.54, 1.807) is 68.4 Å². The summed E-state index contributed by atoms with van der Waals surface area (Å²) < 4.78 is 23.6. The van der Waals surface area contributed by atoms with Crippen LogP contribution in [-0.2, 0) is 14.1 Å². The predicted molar refractivity (Wildman–Crippen MR) is 168 cm³/mol. The van der Waals surface area contributed by atoms with Gasteiger partial charge in [-0.3, -0.25) is 23.9 Å². The summed E-state index contributed by atoms with van der Waals surface area (Å²) in [5.41, 5.74) is 2.01. The number of rotatable bonds is 7. The molecule has 46 heavy (non-hydrogen) atoms. The van der Waals surface area contributed by atoms with Gasteiger partial charge in [0.25, 0.3) is 23.3 Å². The van der Waals surface area contributed by atoms with Crippen LogP contribution in [0.15, 0.2) is 70.1 Å². The zero-order valence-corrected chi connectivity index (χ0v) is 25.7. The molecule has 0 spiro atoms. The van der Waals surface area contributed by atoms with Crippen LogP contribution >= 0.6 is 0 Å². The normalized spacial score (nSPS) is 14.0. The van der Waals surface area contributed by atoms with Crippen LogP contribution < -0.4 is 21.1 Å². The van der Waals surface area contributed by atoms with Crippen molar-refractivity contribution in [1.29, 1.82) is 0 Å². The van der Waals surface area contributed by atoms with Gasteiger partial charge in [-0.1, -0.05) is 25.1 Å². The number of carbonyl (C=O) groups excluding carboxylic acids is 3. The molecule has 0 fully saturated rings. The summed E-state index contributed by atoms with van der Waals surface area (Å²) in [5, 5.41) is 9.15. The van der Waals surface area contributed by atoms with Gasteiger partial charge in [-0.25, -0.2) is 9.37 Å². The van der Waals surface area contributed by atoms with Crippen molar-refractivity contribution in [1.82, 2.24) is 19.5 Å². The number of aromatic nitrogens is 4. The quantitative estimate of drug-likeness (QED) is 0.255. The Morgan fingerprint density at radius 1 is 1.00 bits per heavy atom. The van der Waals surface area contributed by atoms with E-state index in [1.165, 1.54) is 29.9 Å². The molecule has 2 N–H and O–H groups in total. The Morgan fingerprint density at radius 3 is 2.37 bits per heavy atom. The molecule has 0 aliphatic carbocycles. The highest BCUT2D eigenvalue weighted by molar-refractivity contribution is 6.15. The fourth-order valence-corrected chi connectivity index (χ4v) is 5.82. The van der Waals surface area contributed by atoms with Crippen LogP contribution in [0.2, 0.25) is 0 Å². The maximum atomic E-state index is 15.5. The van der Waals surface area contributed by atoms with Gasteiger partial charge in [0, 0.05) is 48.9 Å².